The predicted octanol–water partition coefficient (Wildman–Crippen LogP) is 1.42. The van der Waals surface area contributed by atoms with Gasteiger partial charge in [0.15, 0.2) is 5.78 Å². The van der Waals surface area contributed by atoms with Crippen molar-refractivity contribution >= 4 is 11.8 Å². The van der Waals surface area contributed by atoms with Gasteiger partial charge in [0.05, 0.1) is 0 Å². The molecule has 4 nitrogen and oxygen atoms in total. The van der Waals surface area contributed by atoms with Crippen LogP contribution in [0.4, 0.5) is 0 Å². The molecule has 0 spiro atoms. The average Bonchev–Trinajstić information content (AvgIpc) is 2.63. The van der Waals surface area contributed by atoms with Gasteiger partial charge < -0.3 is 10.0 Å². The van der Waals surface area contributed by atoms with E-state index in [4.69, 9.17) is 5.11 Å². The minimum Gasteiger partial charge on any atom is -0.480 e. The molecule has 1 heterocycles. The van der Waals surface area contributed by atoms with Gasteiger partial charge in [-0.3, -0.25) is 4.79 Å². The molecule has 0 bridgehead atoms. The summed E-state index contributed by atoms with van der Waals surface area (Å²) >= 11 is 0. The Kier molecular flexibility index (Phi) is 2.99. The van der Waals surface area contributed by atoms with E-state index in [1.54, 1.807) is 6.08 Å². The SMILES string of the molecule is CC1CC(=O)C=C(N2CCC[C@H]2C(=O)O)C1. The van der Waals surface area contributed by atoms with E-state index in [-0.39, 0.29) is 5.78 Å². The van der Waals surface area contributed by atoms with E-state index in [9.17, 15) is 9.59 Å². The molecule has 0 aromatic rings. The van der Waals surface area contributed by atoms with Gasteiger partial charge in [-0.1, -0.05) is 6.92 Å². The highest BCUT2D eigenvalue weighted by molar-refractivity contribution is 5.91. The van der Waals surface area contributed by atoms with Crippen molar-refractivity contribution in [2.24, 2.45) is 5.92 Å². The number of carbonyl (C=O) groups is 2. The summed E-state index contributed by atoms with van der Waals surface area (Å²) in [5, 5.41) is 9.09. The third kappa shape index (κ3) is 2.10. The lowest BCUT2D eigenvalue weighted by atomic mass is 9.92. The molecule has 4 heteroatoms. The van der Waals surface area contributed by atoms with Crippen molar-refractivity contribution in [1.82, 2.24) is 4.90 Å². The minimum absolute atomic E-state index is 0.129. The normalized spacial score (nSPS) is 30.4. The number of rotatable bonds is 2. The van der Waals surface area contributed by atoms with Gasteiger partial charge in [0.2, 0.25) is 0 Å². The number of carbonyl (C=O) groups excluding carboxylic acids is 1. The lowest BCUT2D eigenvalue weighted by molar-refractivity contribution is -0.141. The van der Waals surface area contributed by atoms with Crippen LogP contribution in [0.2, 0.25) is 0 Å². The van der Waals surface area contributed by atoms with E-state index in [1.807, 2.05) is 11.8 Å². The molecule has 88 valence electrons. The first kappa shape index (κ1) is 11.2. The smallest absolute Gasteiger partial charge is 0.326 e. The fourth-order valence-corrected chi connectivity index (χ4v) is 2.64. The zero-order chi connectivity index (χ0) is 11.7. The largest absolute Gasteiger partial charge is 0.480 e. The number of allylic oxidation sites excluding steroid dienone is 2. The number of hydrogen-bond donors (Lipinski definition) is 1. The van der Waals surface area contributed by atoms with E-state index in [0.717, 1.165) is 25.1 Å². The van der Waals surface area contributed by atoms with Crippen LogP contribution in [0.3, 0.4) is 0 Å². The molecule has 0 aromatic heterocycles. The Bertz CT molecular complexity index is 348. The Morgan fingerprint density at radius 3 is 2.88 bits per heavy atom. The molecule has 1 unspecified atom stereocenters. The molecule has 1 fully saturated rings. The second kappa shape index (κ2) is 4.28. The van der Waals surface area contributed by atoms with Crippen molar-refractivity contribution in [3.05, 3.63) is 11.8 Å². The molecule has 1 saturated heterocycles. The van der Waals surface area contributed by atoms with Crippen molar-refractivity contribution in [2.45, 2.75) is 38.6 Å². The Morgan fingerprint density at radius 1 is 1.50 bits per heavy atom. The fourth-order valence-electron chi connectivity index (χ4n) is 2.64. The maximum Gasteiger partial charge on any atom is 0.326 e. The number of carboxylic acid groups (broad SMARTS) is 1. The maximum absolute atomic E-state index is 11.5. The van der Waals surface area contributed by atoms with Crippen LogP contribution in [0.1, 0.15) is 32.6 Å². The summed E-state index contributed by atoms with van der Waals surface area (Å²) in [5.41, 5.74) is 0.925. The zero-order valence-corrected chi connectivity index (χ0v) is 9.48. The van der Waals surface area contributed by atoms with E-state index in [1.165, 1.54) is 0 Å². The summed E-state index contributed by atoms with van der Waals surface area (Å²) in [6, 6.07) is -0.427. The van der Waals surface area contributed by atoms with Crippen LogP contribution in [-0.4, -0.2) is 34.3 Å². The zero-order valence-electron chi connectivity index (χ0n) is 9.48. The molecule has 0 aromatic carbocycles. The monoisotopic (exact) mass is 223 g/mol. The molecule has 1 N–H and O–H groups in total. The first-order chi connectivity index (χ1) is 7.58. The first-order valence-electron chi connectivity index (χ1n) is 5.81. The van der Waals surface area contributed by atoms with Crippen LogP contribution in [0, 0.1) is 5.92 Å². The molecule has 0 saturated carbocycles. The van der Waals surface area contributed by atoms with Crippen LogP contribution in [0.5, 0.6) is 0 Å². The molecular weight excluding hydrogens is 206 g/mol. The highest BCUT2D eigenvalue weighted by Gasteiger charge is 2.33. The molecular formula is C12H17NO3. The third-order valence-electron chi connectivity index (χ3n) is 3.34. The van der Waals surface area contributed by atoms with Gasteiger partial charge in [-0.2, -0.15) is 0 Å². The van der Waals surface area contributed by atoms with Crippen LogP contribution >= 0.6 is 0 Å². The fraction of sp³-hybridized carbons (Fsp3) is 0.667. The Balaban J connectivity index is 2.17. The van der Waals surface area contributed by atoms with Gasteiger partial charge in [-0.05, 0) is 25.2 Å². The van der Waals surface area contributed by atoms with E-state index in [2.05, 4.69) is 0 Å². The van der Waals surface area contributed by atoms with E-state index in [0.29, 0.717) is 18.8 Å². The maximum atomic E-state index is 11.5. The van der Waals surface area contributed by atoms with Crippen LogP contribution in [0.25, 0.3) is 0 Å². The quantitative estimate of drug-likeness (QED) is 0.769. The van der Waals surface area contributed by atoms with Crippen LogP contribution in [0.15, 0.2) is 11.8 Å². The van der Waals surface area contributed by atoms with Crippen LogP contribution in [-0.2, 0) is 9.59 Å². The summed E-state index contributed by atoms with van der Waals surface area (Å²) < 4.78 is 0. The minimum atomic E-state index is -0.774. The van der Waals surface area contributed by atoms with Gasteiger partial charge >= 0.3 is 5.97 Å². The lowest BCUT2D eigenvalue weighted by Crippen LogP contribution is -2.37. The molecule has 1 aliphatic heterocycles. The number of likely N-dealkylation sites (tertiary alicyclic amines) is 1. The summed E-state index contributed by atoms with van der Waals surface area (Å²) in [6.45, 7) is 2.81. The highest BCUT2D eigenvalue weighted by Crippen LogP contribution is 2.30. The van der Waals surface area contributed by atoms with Gasteiger partial charge in [0.25, 0.3) is 0 Å². The molecule has 2 atom stereocenters. The second-order valence-corrected chi connectivity index (χ2v) is 4.81. The van der Waals surface area contributed by atoms with Gasteiger partial charge in [0, 0.05) is 24.7 Å². The van der Waals surface area contributed by atoms with Gasteiger partial charge in [-0.15, -0.1) is 0 Å². The summed E-state index contributed by atoms with van der Waals surface area (Å²) in [4.78, 5) is 24.4. The van der Waals surface area contributed by atoms with Crippen molar-refractivity contribution in [3.8, 4) is 0 Å². The predicted molar refractivity (Wildman–Crippen MR) is 58.9 cm³/mol. The van der Waals surface area contributed by atoms with E-state index < -0.39 is 12.0 Å². The number of carboxylic acids is 1. The van der Waals surface area contributed by atoms with Crippen molar-refractivity contribution in [2.75, 3.05) is 6.54 Å². The number of aliphatic carboxylic acids is 1. The molecule has 2 aliphatic rings. The van der Waals surface area contributed by atoms with Gasteiger partial charge in [-0.25, -0.2) is 4.79 Å². The molecule has 1 aliphatic carbocycles. The standard InChI is InChI=1S/C12H17NO3/c1-8-5-9(7-10(14)6-8)13-4-2-3-11(13)12(15)16/h7-8,11H,2-6H2,1H3,(H,15,16)/t8?,11-/m0/s1. The number of nitrogens with zero attached hydrogens (tertiary/aromatic N) is 1. The molecule has 2 rings (SSSR count). The molecule has 16 heavy (non-hydrogen) atoms. The second-order valence-electron chi connectivity index (χ2n) is 4.81. The van der Waals surface area contributed by atoms with Gasteiger partial charge in [0.1, 0.15) is 6.04 Å². The number of hydrogen-bond acceptors (Lipinski definition) is 3. The van der Waals surface area contributed by atoms with E-state index >= 15 is 0 Å². The molecule has 0 amide bonds. The number of ketones is 1. The Labute approximate surface area is 94.9 Å². The third-order valence-corrected chi connectivity index (χ3v) is 3.34. The summed E-state index contributed by atoms with van der Waals surface area (Å²) in [6.07, 6.45) is 4.65. The van der Waals surface area contributed by atoms with Crippen LogP contribution < -0.4 is 0 Å². The topological polar surface area (TPSA) is 57.6 Å². The Hall–Kier alpha value is -1.32. The lowest BCUT2D eigenvalue weighted by Gasteiger charge is -2.30. The Morgan fingerprint density at radius 2 is 2.25 bits per heavy atom. The average molecular weight is 223 g/mol. The molecule has 0 radical (unpaired) electrons. The van der Waals surface area contributed by atoms with Crippen molar-refractivity contribution in [1.29, 1.82) is 0 Å². The highest BCUT2D eigenvalue weighted by atomic mass is 16.4. The summed E-state index contributed by atoms with van der Waals surface area (Å²) in [5.74, 6) is -0.309. The van der Waals surface area contributed by atoms with Crippen molar-refractivity contribution < 1.29 is 14.7 Å². The summed E-state index contributed by atoms with van der Waals surface area (Å²) in [7, 11) is 0. The first-order valence-corrected chi connectivity index (χ1v) is 5.81. The van der Waals surface area contributed by atoms with Crippen molar-refractivity contribution in [3.63, 3.8) is 0 Å².